The molecule has 2 rings (SSSR count). The first kappa shape index (κ1) is 7.49. The van der Waals surface area contributed by atoms with E-state index in [9.17, 15) is 4.79 Å². The first-order valence-electron chi connectivity index (χ1n) is 3.92. The average molecular weight is 166 g/mol. The molecule has 0 N–H and O–H groups in total. The fourth-order valence-electron chi connectivity index (χ4n) is 1.05. The van der Waals surface area contributed by atoms with Crippen LogP contribution in [0, 0.1) is 6.92 Å². The molecule has 4 nitrogen and oxygen atoms in total. The van der Waals surface area contributed by atoms with Gasteiger partial charge in [-0.15, -0.1) is 0 Å². The molecule has 0 saturated carbocycles. The number of rotatable bonds is 2. The third kappa shape index (κ3) is 1.53. The largest absolute Gasteiger partial charge is 0.371 e. The number of aromatic nitrogens is 2. The van der Waals surface area contributed by atoms with Crippen LogP contribution >= 0.6 is 0 Å². The van der Waals surface area contributed by atoms with E-state index in [0.717, 1.165) is 12.3 Å². The SMILES string of the molecule is Cc1ccc(=O)n(CC2CO2)n1. The lowest BCUT2D eigenvalue weighted by Crippen LogP contribution is -2.24. The van der Waals surface area contributed by atoms with E-state index in [1.54, 1.807) is 6.07 Å². The zero-order chi connectivity index (χ0) is 8.55. The summed E-state index contributed by atoms with van der Waals surface area (Å²) in [7, 11) is 0. The topological polar surface area (TPSA) is 47.4 Å². The first-order chi connectivity index (χ1) is 5.75. The van der Waals surface area contributed by atoms with Gasteiger partial charge in [-0.1, -0.05) is 0 Å². The molecular weight excluding hydrogens is 156 g/mol. The van der Waals surface area contributed by atoms with Gasteiger partial charge >= 0.3 is 0 Å². The summed E-state index contributed by atoms with van der Waals surface area (Å²) in [4.78, 5) is 11.2. The van der Waals surface area contributed by atoms with Gasteiger partial charge < -0.3 is 4.74 Å². The third-order valence-corrected chi connectivity index (χ3v) is 1.78. The Hall–Kier alpha value is -1.16. The lowest BCUT2D eigenvalue weighted by atomic mass is 10.4. The number of nitrogens with zero attached hydrogens (tertiary/aromatic N) is 2. The van der Waals surface area contributed by atoms with Crippen LogP contribution in [0.25, 0.3) is 0 Å². The number of hydrogen-bond acceptors (Lipinski definition) is 3. The molecule has 2 heterocycles. The Balaban J connectivity index is 2.27. The molecule has 1 fully saturated rings. The Morgan fingerprint density at radius 2 is 2.50 bits per heavy atom. The van der Waals surface area contributed by atoms with E-state index in [1.165, 1.54) is 10.7 Å². The molecule has 0 amide bonds. The molecule has 1 aliphatic heterocycles. The van der Waals surface area contributed by atoms with Gasteiger partial charge in [0.05, 0.1) is 18.8 Å². The highest BCUT2D eigenvalue weighted by molar-refractivity contribution is 4.97. The van der Waals surface area contributed by atoms with Gasteiger partial charge in [-0.25, -0.2) is 4.68 Å². The second-order valence-electron chi connectivity index (χ2n) is 2.95. The number of hydrogen-bond donors (Lipinski definition) is 0. The van der Waals surface area contributed by atoms with Crippen molar-refractivity contribution < 1.29 is 4.74 Å². The van der Waals surface area contributed by atoms with Crippen molar-refractivity contribution in [3.63, 3.8) is 0 Å². The average Bonchev–Trinajstić information content (AvgIpc) is 2.81. The molecule has 1 aromatic heterocycles. The fraction of sp³-hybridized carbons (Fsp3) is 0.500. The van der Waals surface area contributed by atoms with Gasteiger partial charge in [0.1, 0.15) is 6.10 Å². The van der Waals surface area contributed by atoms with Gasteiger partial charge in [-0.2, -0.15) is 5.10 Å². The maximum atomic E-state index is 11.2. The Labute approximate surface area is 69.8 Å². The maximum absolute atomic E-state index is 11.2. The molecule has 0 aromatic carbocycles. The highest BCUT2D eigenvalue weighted by Gasteiger charge is 2.23. The second-order valence-corrected chi connectivity index (χ2v) is 2.95. The summed E-state index contributed by atoms with van der Waals surface area (Å²) < 4.78 is 6.46. The van der Waals surface area contributed by atoms with Gasteiger partial charge in [0.2, 0.25) is 0 Å². The van der Waals surface area contributed by atoms with E-state index in [4.69, 9.17) is 4.74 Å². The van der Waals surface area contributed by atoms with Crippen molar-refractivity contribution in [2.45, 2.75) is 19.6 Å². The Bertz CT molecular complexity index is 341. The molecule has 0 spiro atoms. The minimum Gasteiger partial charge on any atom is -0.371 e. The summed E-state index contributed by atoms with van der Waals surface area (Å²) in [6.45, 7) is 3.20. The van der Waals surface area contributed by atoms with Crippen molar-refractivity contribution in [2.24, 2.45) is 0 Å². The molecule has 64 valence electrons. The smallest absolute Gasteiger partial charge is 0.266 e. The van der Waals surface area contributed by atoms with Crippen LogP contribution < -0.4 is 5.56 Å². The highest BCUT2D eigenvalue weighted by Crippen LogP contribution is 2.09. The summed E-state index contributed by atoms with van der Waals surface area (Å²) in [5.74, 6) is 0. The van der Waals surface area contributed by atoms with Crippen LogP contribution in [0.2, 0.25) is 0 Å². The van der Waals surface area contributed by atoms with Crippen LogP contribution in [-0.2, 0) is 11.3 Å². The van der Waals surface area contributed by atoms with Crippen LogP contribution in [0.3, 0.4) is 0 Å². The zero-order valence-electron chi connectivity index (χ0n) is 6.86. The molecule has 1 unspecified atom stereocenters. The predicted octanol–water partition coefficient (Wildman–Crippen LogP) is -0.0495. The summed E-state index contributed by atoms with van der Waals surface area (Å²) in [6.07, 6.45) is 0.206. The first-order valence-corrected chi connectivity index (χ1v) is 3.92. The van der Waals surface area contributed by atoms with Gasteiger partial charge in [0, 0.05) is 6.07 Å². The van der Waals surface area contributed by atoms with Crippen molar-refractivity contribution in [1.29, 1.82) is 0 Å². The molecule has 0 aliphatic carbocycles. The zero-order valence-corrected chi connectivity index (χ0v) is 6.86. The maximum Gasteiger partial charge on any atom is 0.266 e. The minimum absolute atomic E-state index is 0.0592. The Morgan fingerprint density at radius 1 is 1.75 bits per heavy atom. The molecule has 1 aliphatic rings. The number of epoxide rings is 1. The standard InChI is InChI=1S/C8H10N2O2/c1-6-2-3-8(11)10(9-6)4-7-5-12-7/h2-3,7H,4-5H2,1H3. The fourth-order valence-corrected chi connectivity index (χ4v) is 1.05. The van der Waals surface area contributed by atoms with Crippen LogP contribution in [0.15, 0.2) is 16.9 Å². The predicted molar refractivity (Wildman–Crippen MR) is 43.0 cm³/mol. The van der Waals surface area contributed by atoms with Crippen molar-refractivity contribution >= 4 is 0 Å². The van der Waals surface area contributed by atoms with E-state index >= 15 is 0 Å². The summed E-state index contributed by atoms with van der Waals surface area (Å²) in [5, 5.41) is 4.08. The van der Waals surface area contributed by atoms with Crippen molar-refractivity contribution in [3.8, 4) is 0 Å². The molecular formula is C8H10N2O2. The van der Waals surface area contributed by atoms with E-state index in [2.05, 4.69) is 5.10 Å². The van der Waals surface area contributed by atoms with E-state index in [1.807, 2.05) is 6.92 Å². The molecule has 0 bridgehead atoms. The van der Waals surface area contributed by atoms with Gasteiger partial charge in [0.25, 0.3) is 5.56 Å². The van der Waals surface area contributed by atoms with Crippen LogP contribution in [-0.4, -0.2) is 22.5 Å². The quantitative estimate of drug-likeness (QED) is 0.579. The van der Waals surface area contributed by atoms with E-state index in [-0.39, 0.29) is 11.7 Å². The van der Waals surface area contributed by atoms with Crippen LogP contribution in [0.1, 0.15) is 5.69 Å². The lowest BCUT2D eigenvalue weighted by molar-refractivity contribution is 0.367. The van der Waals surface area contributed by atoms with E-state index in [0.29, 0.717) is 6.54 Å². The minimum atomic E-state index is -0.0592. The molecule has 0 radical (unpaired) electrons. The summed E-state index contributed by atoms with van der Waals surface area (Å²) in [5.41, 5.74) is 0.798. The molecule has 4 heteroatoms. The monoisotopic (exact) mass is 166 g/mol. The molecule has 12 heavy (non-hydrogen) atoms. The van der Waals surface area contributed by atoms with Crippen molar-refractivity contribution in [2.75, 3.05) is 6.61 Å². The van der Waals surface area contributed by atoms with Crippen LogP contribution in [0.5, 0.6) is 0 Å². The molecule has 1 atom stereocenters. The summed E-state index contributed by atoms with van der Waals surface area (Å²) >= 11 is 0. The van der Waals surface area contributed by atoms with Gasteiger partial charge in [-0.3, -0.25) is 4.79 Å². The number of ether oxygens (including phenoxy) is 1. The van der Waals surface area contributed by atoms with Gasteiger partial charge in [-0.05, 0) is 13.0 Å². The third-order valence-electron chi connectivity index (χ3n) is 1.78. The lowest BCUT2D eigenvalue weighted by Gasteiger charge is -2.00. The van der Waals surface area contributed by atoms with Crippen molar-refractivity contribution in [1.82, 2.24) is 9.78 Å². The Morgan fingerprint density at radius 3 is 3.17 bits per heavy atom. The number of aryl methyl sites for hydroxylation is 1. The molecule has 1 saturated heterocycles. The van der Waals surface area contributed by atoms with Gasteiger partial charge in [0.15, 0.2) is 0 Å². The normalized spacial score (nSPS) is 20.9. The Kier molecular flexibility index (Phi) is 1.69. The summed E-state index contributed by atoms with van der Waals surface area (Å²) in [6, 6.07) is 3.25. The van der Waals surface area contributed by atoms with Crippen LogP contribution in [0.4, 0.5) is 0 Å². The second kappa shape index (κ2) is 2.71. The van der Waals surface area contributed by atoms with E-state index < -0.39 is 0 Å². The highest BCUT2D eigenvalue weighted by atomic mass is 16.6. The van der Waals surface area contributed by atoms with Crippen molar-refractivity contribution in [3.05, 3.63) is 28.2 Å². The molecule has 1 aromatic rings.